The molecule has 1 N–H and O–H groups in total. The van der Waals surface area contributed by atoms with Gasteiger partial charge < -0.3 is 33.6 Å². The van der Waals surface area contributed by atoms with Gasteiger partial charge in [-0.15, -0.1) is 0 Å². The zero-order valence-electron chi connectivity index (χ0n) is 23.5. The van der Waals surface area contributed by atoms with Gasteiger partial charge in [0.15, 0.2) is 17.1 Å². The van der Waals surface area contributed by atoms with Crippen molar-refractivity contribution in [3.63, 3.8) is 0 Å². The summed E-state index contributed by atoms with van der Waals surface area (Å²) in [6.07, 6.45) is 3.99. The Balaban J connectivity index is 1.45. The van der Waals surface area contributed by atoms with E-state index in [1.165, 1.54) is 0 Å². The molecule has 0 atom stereocenters. The molecule has 9 nitrogen and oxygen atoms in total. The average Bonchev–Trinajstić information content (AvgIpc) is 3.35. The third-order valence-electron chi connectivity index (χ3n) is 7.48. The zero-order chi connectivity index (χ0) is 28.1. The van der Waals surface area contributed by atoms with Crippen molar-refractivity contribution < 1.29 is 32.5 Å². The quantitative estimate of drug-likeness (QED) is 0.295. The number of fused-ring (bicyclic) bond motifs is 1. The Bertz CT molecular complexity index is 1290. The van der Waals surface area contributed by atoms with Gasteiger partial charge in [-0.25, -0.2) is 4.79 Å². The van der Waals surface area contributed by atoms with Crippen LogP contribution < -0.4 is 24.4 Å². The Hall–Kier alpha value is -3.53. The molecule has 2 aromatic carbocycles. The molecule has 0 amide bonds. The number of rotatable bonds is 12. The van der Waals surface area contributed by atoms with Gasteiger partial charge in [0, 0.05) is 18.7 Å². The van der Waals surface area contributed by atoms with Gasteiger partial charge in [0.2, 0.25) is 11.4 Å². The molecule has 1 saturated heterocycles. The first kappa shape index (κ1) is 28.0. The number of aromatic nitrogens is 1. The largest absolute Gasteiger partial charge is 0.491 e. The molecule has 0 radical (unpaired) electrons. The fourth-order valence-corrected chi connectivity index (χ4v) is 5.32. The lowest BCUT2D eigenvalue weighted by atomic mass is 9.80. The minimum absolute atomic E-state index is 0.166. The van der Waals surface area contributed by atoms with Crippen LogP contribution in [0.5, 0.6) is 17.2 Å². The predicted octanol–water partition coefficient (Wildman–Crippen LogP) is 5.39. The monoisotopic (exact) mass is 555 g/mol. The van der Waals surface area contributed by atoms with Gasteiger partial charge in [-0.1, -0.05) is 0 Å². The number of hydrogen-bond acceptors (Lipinski definition) is 9. The maximum absolute atomic E-state index is 14.9. The summed E-state index contributed by atoms with van der Waals surface area (Å²) in [4.78, 5) is 19.5. The van der Waals surface area contributed by atoms with Crippen LogP contribution in [0, 0.1) is 5.82 Å². The van der Waals surface area contributed by atoms with E-state index >= 15 is 0 Å². The van der Waals surface area contributed by atoms with E-state index < -0.39 is 11.4 Å². The van der Waals surface area contributed by atoms with Crippen LogP contribution >= 0.6 is 0 Å². The lowest BCUT2D eigenvalue weighted by Gasteiger charge is -2.39. The molecule has 0 bridgehead atoms. The molecule has 0 spiro atoms. The number of ether oxygens (including phenoxy) is 4. The van der Waals surface area contributed by atoms with E-state index in [1.54, 1.807) is 31.2 Å². The fraction of sp³-hybridized carbons (Fsp3) is 0.533. The van der Waals surface area contributed by atoms with Crippen LogP contribution in [0.25, 0.3) is 11.1 Å². The Morgan fingerprint density at radius 2 is 1.77 bits per heavy atom. The van der Waals surface area contributed by atoms with Gasteiger partial charge in [0.25, 0.3) is 6.01 Å². The smallest absolute Gasteiger partial charge is 0.350 e. The lowest BCUT2D eigenvalue weighted by molar-refractivity contribution is -0.169. The number of anilines is 1. The summed E-state index contributed by atoms with van der Waals surface area (Å²) >= 11 is 0. The Morgan fingerprint density at radius 3 is 2.38 bits per heavy atom. The van der Waals surface area contributed by atoms with Gasteiger partial charge in [-0.2, -0.15) is 9.37 Å². The molecule has 216 valence electrons. The number of nitrogens with one attached hydrogen (secondary N) is 1. The number of carbonyl (C=O) groups is 1. The van der Waals surface area contributed by atoms with Gasteiger partial charge in [0.1, 0.15) is 11.3 Å². The summed E-state index contributed by atoms with van der Waals surface area (Å²) in [6, 6.07) is 9.51. The van der Waals surface area contributed by atoms with E-state index in [0.29, 0.717) is 62.1 Å². The van der Waals surface area contributed by atoms with Crippen molar-refractivity contribution in [1.82, 2.24) is 10.3 Å². The first-order chi connectivity index (χ1) is 19.5. The highest BCUT2D eigenvalue weighted by Crippen LogP contribution is 2.39. The molecular weight excluding hydrogens is 517 g/mol. The van der Waals surface area contributed by atoms with Gasteiger partial charge >= 0.3 is 5.97 Å². The van der Waals surface area contributed by atoms with Crippen molar-refractivity contribution in [2.45, 2.75) is 71.1 Å². The zero-order valence-corrected chi connectivity index (χ0v) is 23.5. The highest BCUT2D eigenvalue weighted by atomic mass is 19.1. The lowest BCUT2D eigenvalue weighted by Crippen LogP contribution is -2.51. The number of hydrogen-bond donors (Lipinski definition) is 1. The Morgan fingerprint density at radius 1 is 1.07 bits per heavy atom. The van der Waals surface area contributed by atoms with Crippen LogP contribution in [0.1, 0.15) is 58.4 Å². The van der Waals surface area contributed by atoms with Gasteiger partial charge in [-0.05, 0) is 95.8 Å². The van der Waals surface area contributed by atoms with E-state index in [-0.39, 0.29) is 23.5 Å². The average molecular weight is 556 g/mol. The third kappa shape index (κ3) is 5.82. The normalized spacial score (nSPS) is 16.8. The summed E-state index contributed by atoms with van der Waals surface area (Å²) in [5, 5.41) is 3.41. The van der Waals surface area contributed by atoms with E-state index in [9.17, 15) is 9.18 Å². The highest BCUT2D eigenvalue weighted by Gasteiger charge is 2.48. The molecular formula is C30H38FN3O6. The van der Waals surface area contributed by atoms with Crippen LogP contribution in [0.2, 0.25) is 0 Å². The van der Waals surface area contributed by atoms with E-state index in [4.69, 9.17) is 28.3 Å². The minimum atomic E-state index is -0.934. The molecule has 0 unspecified atom stereocenters. The van der Waals surface area contributed by atoms with Gasteiger partial charge in [-0.3, -0.25) is 0 Å². The number of esters is 1. The second-order valence-corrected chi connectivity index (χ2v) is 10.2. The maximum Gasteiger partial charge on any atom is 0.350 e. The Labute approximate surface area is 233 Å². The summed E-state index contributed by atoms with van der Waals surface area (Å²) in [6.45, 7) is 8.64. The van der Waals surface area contributed by atoms with Crippen molar-refractivity contribution >= 4 is 23.1 Å². The van der Waals surface area contributed by atoms with Crippen molar-refractivity contribution in [2.75, 3.05) is 37.8 Å². The van der Waals surface area contributed by atoms with Crippen LogP contribution in [-0.2, 0) is 16.1 Å². The highest BCUT2D eigenvalue weighted by molar-refractivity contribution is 5.82. The summed E-state index contributed by atoms with van der Waals surface area (Å²) in [5.74, 6) is 0.0627. The van der Waals surface area contributed by atoms with Crippen molar-refractivity contribution in [2.24, 2.45) is 0 Å². The molecule has 2 heterocycles. The van der Waals surface area contributed by atoms with Crippen molar-refractivity contribution in [1.29, 1.82) is 0 Å². The van der Waals surface area contributed by atoms with E-state index in [0.717, 1.165) is 37.9 Å². The Kier molecular flexibility index (Phi) is 8.63. The summed E-state index contributed by atoms with van der Waals surface area (Å²) in [5.41, 5.74) is 1.15. The van der Waals surface area contributed by atoms with Crippen LogP contribution in [-0.4, -0.2) is 55.5 Å². The molecule has 1 aromatic heterocycles. The van der Waals surface area contributed by atoms with Crippen LogP contribution in [0.15, 0.2) is 34.7 Å². The first-order valence-corrected chi connectivity index (χ1v) is 14.3. The number of halogens is 1. The standard InChI is InChI=1S/C30H38FN3O6/c1-4-36-25-16-20(17-26(27(25)31)37-5-2)19-34(21-10-14-32-15-11-21)29-33-23-18-22(8-9-24(23)39-29)40-30(12-7-13-30)28(35)38-6-3/h8-9,16-18,21,32H,4-7,10-15,19H2,1-3H3. The van der Waals surface area contributed by atoms with E-state index in [2.05, 4.69) is 10.2 Å². The number of benzene rings is 2. The number of nitrogens with zero attached hydrogens (tertiary/aromatic N) is 2. The second-order valence-electron chi connectivity index (χ2n) is 10.2. The second kappa shape index (κ2) is 12.3. The SMILES string of the molecule is CCOC(=O)C1(Oc2ccc3oc(N(Cc4cc(OCC)c(F)c(OCC)c4)C4CCNCC4)nc3c2)CCC1. The van der Waals surface area contributed by atoms with E-state index in [1.807, 2.05) is 19.9 Å². The molecule has 3 aromatic rings. The summed E-state index contributed by atoms with van der Waals surface area (Å²) < 4.78 is 43.8. The molecule has 40 heavy (non-hydrogen) atoms. The number of piperidine rings is 1. The third-order valence-corrected chi connectivity index (χ3v) is 7.48. The number of oxazole rings is 1. The molecule has 1 saturated carbocycles. The molecule has 5 rings (SSSR count). The topological polar surface area (TPSA) is 95.3 Å². The summed E-state index contributed by atoms with van der Waals surface area (Å²) in [7, 11) is 0. The van der Waals surface area contributed by atoms with Gasteiger partial charge in [0.05, 0.1) is 19.8 Å². The molecule has 1 aliphatic heterocycles. The molecule has 1 aliphatic carbocycles. The number of carbonyl (C=O) groups excluding carboxylic acids is 1. The van der Waals surface area contributed by atoms with Crippen molar-refractivity contribution in [3.05, 3.63) is 41.7 Å². The first-order valence-electron chi connectivity index (χ1n) is 14.3. The minimum Gasteiger partial charge on any atom is -0.491 e. The van der Waals surface area contributed by atoms with Crippen LogP contribution in [0.3, 0.4) is 0 Å². The molecule has 10 heteroatoms. The van der Waals surface area contributed by atoms with Crippen LogP contribution in [0.4, 0.5) is 10.4 Å². The predicted molar refractivity (Wildman–Crippen MR) is 149 cm³/mol. The van der Waals surface area contributed by atoms with Crippen molar-refractivity contribution in [3.8, 4) is 17.2 Å². The maximum atomic E-state index is 14.9. The fourth-order valence-electron chi connectivity index (χ4n) is 5.32. The molecule has 2 aliphatic rings. The molecule has 2 fully saturated rings.